The number of imidazole rings is 1. The van der Waals surface area contributed by atoms with E-state index in [1.165, 1.54) is 12.7 Å². The monoisotopic (exact) mass is 431 g/mol. The average Bonchev–Trinajstić information content (AvgIpc) is 3.25. The second-order valence-electron chi connectivity index (χ2n) is 6.26. The second-order valence-corrected chi connectivity index (χ2v) is 7.50. The van der Waals surface area contributed by atoms with Crippen LogP contribution in [-0.2, 0) is 23.4 Å². The molecular formula is C14H18N5O9P. The number of aromatic nitrogens is 4. The third kappa shape index (κ3) is 5.25. The molecule has 158 valence electrons. The Morgan fingerprint density at radius 1 is 1.31 bits per heavy atom. The summed E-state index contributed by atoms with van der Waals surface area (Å²) in [5, 5.41) is 20.6. The first-order valence-electron chi connectivity index (χ1n) is 8.38. The molecular weight excluding hydrogens is 413 g/mol. The molecule has 29 heavy (non-hydrogen) atoms. The lowest BCUT2D eigenvalue weighted by molar-refractivity contribution is -0.144. The van der Waals surface area contributed by atoms with Crippen LogP contribution in [0.15, 0.2) is 12.7 Å². The van der Waals surface area contributed by atoms with Crippen LogP contribution in [0.4, 0.5) is 5.82 Å². The number of fused-ring (bicyclic) bond motifs is 1. The Balaban J connectivity index is 1.77. The van der Waals surface area contributed by atoms with Crippen LogP contribution in [-0.4, -0.2) is 70.2 Å². The first-order valence-corrected chi connectivity index (χ1v) is 9.91. The van der Waals surface area contributed by atoms with Crippen LogP contribution in [0.1, 0.15) is 25.5 Å². The molecule has 0 bridgehead atoms. The number of ether oxygens (including phenoxy) is 1. The maximum Gasteiger partial charge on any atom is 0.469 e. The van der Waals surface area contributed by atoms with Gasteiger partial charge < -0.3 is 30.1 Å². The number of hydrogen-bond acceptors (Lipinski definition) is 9. The van der Waals surface area contributed by atoms with Gasteiger partial charge in [-0.1, -0.05) is 0 Å². The quantitative estimate of drug-likeness (QED) is 0.331. The van der Waals surface area contributed by atoms with Gasteiger partial charge in [-0.05, 0) is 12.8 Å². The van der Waals surface area contributed by atoms with Gasteiger partial charge in [-0.3, -0.25) is 13.9 Å². The molecule has 1 aliphatic rings. The van der Waals surface area contributed by atoms with Crippen molar-refractivity contribution in [3.8, 4) is 0 Å². The van der Waals surface area contributed by atoms with Crippen LogP contribution < -0.4 is 5.32 Å². The van der Waals surface area contributed by atoms with Crippen LogP contribution in [0.25, 0.3) is 11.2 Å². The van der Waals surface area contributed by atoms with Gasteiger partial charge >= 0.3 is 19.8 Å². The zero-order valence-corrected chi connectivity index (χ0v) is 15.7. The van der Waals surface area contributed by atoms with Gasteiger partial charge in [0.05, 0.1) is 25.5 Å². The van der Waals surface area contributed by atoms with Gasteiger partial charge in [-0.25, -0.2) is 24.3 Å². The highest BCUT2D eigenvalue weighted by atomic mass is 31.2. The van der Waals surface area contributed by atoms with Crippen molar-refractivity contribution >= 4 is 36.7 Å². The smallest absolute Gasteiger partial charge is 0.469 e. The third-order valence-electron chi connectivity index (χ3n) is 4.17. The number of nitrogens with zero attached hydrogens (tertiary/aromatic N) is 4. The van der Waals surface area contributed by atoms with E-state index in [1.807, 2.05) is 0 Å². The largest absolute Gasteiger partial charge is 0.481 e. The molecule has 0 unspecified atom stereocenters. The fraction of sp³-hybridized carbons (Fsp3) is 0.500. The Morgan fingerprint density at radius 3 is 2.72 bits per heavy atom. The fourth-order valence-corrected chi connectivity index (χ4v) is 3.26. The number of nitrogens with one attached hydrogen (secondary N) is 1. The zero-order valence-electron chi connectivity index (χ0n) is 14.8. The van der Waals surface area contributed by atoms with Crippen LogP contribution in [0.5, 0.6) is 0 Å². The number of phosphoric acid groups is 1. The van der Waals surface area contributed by atoms with E-state index in [-0.39, 0.29) is 17.9 Å². The molecule has 0 saturated carbocycles. The fourth-order valence-electron chi connectivity index (χ4n) is 2.90. The normalized spacial score (nSPS) is 20.6. The topological polar surface area (TPSA) is 206 Å². The molecule has 2 aromatic heterocycles. The van der Waals surface area contributed by atoms with E-state index < -0.39 is 44.6 Å². The minimum absolute atomic E-state index is 0.0572. The third-order valence-corrected chi connectivity index (χ3v) is 4.66. The minimum atomic E-state index is -4.59. The van der Waals surface area contributed by atoms with E-state index in [9.17, 15) is 19.3 Å². The van der Waals surface area contributed by atoms with Crippen molar-refractivity contribution in [1.29, 1.82) is 0 Å². The lowest BCUT2D eigenvalue weighted by Crippen LogP contribution is -2.32. The molecule has 0 amide bonds. The van der Waals surface area contributed by atoms with Crippen molar-refractivity contribution in [3.05, 3.63) is 12.7 Å². The molecule has 0 aliphatic carbocycles. The molecule has 3 atom stereocenters. The predicted octanol–water partition coefficient (Wildman–Crippen LogP) is -0.0470. The van der Waals surface area contributed by atoms with Crippen molar-refractivity contribution in [2.75, 3.05) is 11.9 Å². The highest BCUT2D eigenvalue weighted by Gasteiger charge is 2.31. The summed E-state index contributed by atoms with van der Waals surface area (Å²) in [7, 11) is -4.59. The lowest BCUT2D eigenvalue weighted by Gasteiger charge is -2.16. The van der Waals surface area contributed by atoms with Crippen LogP contribution in [0.3, 0.4) is 0 Å². The highest BCUT2D eigenvalue weighted by Crippen LogP contribution is 2.38. The van der Waals surface area contributed by atoms with Gasteiger partial charge in [-0.2, -0.15) is 0 Å². The van der Waals surface area contributed by atoms with Crippen molar-refractivity contribution in [2.45, 2.75) is 37.6 Å². The van der Waals surface area contributed by atoms with E-state index in [4.69, 9.17) is 19.6 Å². The molecule has 5 N–H and O–H groups in total. The van der Waals surface area contributed by atoms with E-state index in [0.29, 0.717) is 18.5 Å². The predicted molar refractivity (Wildman–Crippen MR) is 93.8 cm³/mol. The van der Waals surface area contributed by atoms with Gasteiger partial charge in [-0.15, -0.1) is 0 Å². The molecule has 0 aromatic carbocycles. The first kappa shape index (κ1) is 21.1. The molecule has 3 rings (SSSR count). The summed E-state index contributed by atoms with van der Waals surface area (Å²) in [6, 6.07) is -1.41. The number of hydrogen-bond donors (Lipinski definition) is 5. The minimum Gasteiger partial charge on any atom is -0.481 e. The van der Waals surface area contributed by atoms with Crippen molar-refractivity contribution in [3.63, 3.8) is 0 Å². The molecule has 3 heterocycles. The SMILES string of the molecule is O=C(O)C[C@H](Nc1ncnc2c1ncn2[C@H]1CC[C@@H](COP(=O)(O)O)O1)C(=O)O. The maximum atomic E-state index is 11.3. The van der Waals surface area contributed by atoms with Crippen molar-refractivity contribution in [2.24, 2.45) is 0 Å². The van der Waals surface area contributed by atoms with Gasteiger partial charge in [0.15, 0.2) is 17.0 Å². The molecule has 1 aliphatic heterocycles. The van der Waals surface area contributed by atoms with Gasteiger partial charge in [0.25, 0.3) is 0 Å². The number of aliphatic carboxylic acids is 2. The summed E-state index contributed by atoms with van der Waals surface area (Å²) < 4.78 is 22.6. The summed E-state index contributed by atoms with van der Waals surface area (Å²) in [5.74, 6) is -2.59. The lowest BCUT2D eigenvalue weighted by atomic mass is 10.2. The number of anilines is 1. The van der Waals surface area contributed by atoms with Gasteiger partial charge in [0.1, 0.15) is 18.6 Å². The summed E-state index contributed by atoms with van der Waals surface area (Å²) in [6.45, 7) is -0.273. The van der Waals surface area contributed by atoms with Crippen molar-refractivity contribution < 1.29 is 43.4 Å². The van der Waals surface area contributed by atoms with Crippen molar-refractivity contribution in [1.82, 2.24) is 19.5 Å². The maximum absolute atomic E-state index is 11.3. The first-order chi connectivity index (χ1) is 13.6. The Morgan fingerprint density at radius 2 is 2.07 bits per heavy atom. The molecule has 14 nitrogen and oxygen atoms in total. The Bertz CT molecular complexity index is 960. The van der Waals surface area contributed by atoms with Crippen LogP contribution >= 0.6 is 7.82 Å². The van der Waals surface area contributed by atoms with E-state index in [0.717, 1.165) is 0 Å². The van der Waals surface area contributed by atoms with Gasteiger partial charge in [0, 0.05) is 0 Å². The zero-order chi connectivity index (χ0) is 21.2. The average molecular weight is 431 g/mol. The molecule has 0 spiro atoms. The number of carbonyl (C=O) groups is 2. The van der Waals surface area contributed by atoms with E-state index >= 15 is 0 Å². The van der Waals surface area contributed by atoms with Crippen LogP contribution in [0.2, 0.25) is 0 Å². The van der Waals surface area contributed by atoms with Crippen LogP contribution in [0, 0.1) is 0 Å². The van der Waals surface area contributed by atoms with E-state index in [1.54, 1.807) is 4.57 Å². The molecule has 15 heteroatoms. The van der Waals surface area contributed by atoms with E-state index in [2.05, 4.69) is 24.8 Å². The number of phosphoric ester groups is 1. The van der Waals surface area contributed by atoms with Gasteiger partial charge in [0.2, 0.25) is 0 Å². The molecule has 2 aromatic rings. The molecule has 1 saturated heterocycles. The summed E-state index contributed by atoms with van der Waals surface area (Å²) in [5.41, 5.74) is 0.547. The molecule has 1 fully saturated rings. The number of carboxylic acids is 2. The Labute approximate surface area is 162 Å². The second kappa shape index (κ2) is 8.39. The molecule has 0 radical (unpaired) electrons. The Hall–Kier alpha value is -2.64. The summed E-state index contributed by atoms with van der Waals surface area (Å²) >= 11 is 0. The highest BCUT2D eigenvalue weighted by molar-refractivity contribution is 7.46. The number of carboxylic acid groups (broad SMARTS) is 2. The number of rotatable bonds is 9. The summed E-state index contributed by atoms with van der Waals surface area (Å²) in [6.07, 6.45) is 1.86. The Kier molecular flexibility index (Phi) is 6.10. The standard InChI is InChI=1S/C14H18N5O9P/c20-10(21)3-8(14(22)23)18-12-11-13(16-5-15-12)19(6-17-11)9-2-1-7(28-9)4-27-29(24,25)26/h5-9H,1-4H2,(H,20,21)(H,22,23)(H,15,16,18)(H2,24,25,26)/t7-,8-,9+/m0/s1. The summed E-state index contributed by atoms with van der Waals surface area (Å²) in [4.78, 5) is 51.9.